The van der Waals surface area contributed by atoms with Crippen LogP contribution in [0.3, 0.4) is 0 Å². The van der Waals surface area contributed by atoms with Crippen molar-refractivity contribution in [1.29, 1.82) is 0 Å². The van der Waals surface area contributed by atoms with Crippen molar-refractivity contribution in [2.45, 2.75) is 105 Å². The van der Waals surface area contributed by atoms with Crippen LogP contribution in [-0.2, 0) is 27.3 Å². The van der Waals surface area contributed by atoms with Crippen molar-refractivity contribution in [3.63, 3.8) is 0 Å². The molecule has 2 N–H and O–H groups in total. The Kier molecular flexibility index (Phi) is 13.2. The molecule has 0 spiro atoms. The minimum absolute atomic E-state index is 0.135. The highest BCUT2D eigenvalue weighted by Gasteiger charge is 2.36. The summed E-state index contributed by atoms with van der Waals surface area (Å²) in [6, 6.07) is 15.9. The van der Waals surface area contributed by atoms with Crippen molar-refractivity contribution in [3.8, 4) is 0 Å². The van der Waals surface area contributed by atoms with Gasteiger partial charge < -0.3 is 20.3 Å². The van der Waals surface area contributed by atoms with Crippen molar-refractivity contribution in [3.05, 3.63) is 71.3 Å². The van der Waals surface area contributed by atoms with Gasteiger partial charge in [0.05, 0.1) is 0 Å². The Hall–Kier alpha value is -3.35. The number of unbranched alkanes of at least 4 members (excludes halogenated alkanes) is 2. The minimum Gasteiger partial charge on any atom is -0.444 e. The van der Waals surface area contributed by atoms with Crippen molar-refractivity contribution in [2.75, 3.05) is 6.54 Å². The summed E-state index contributed by atoms with van der Waals surface area (Å²) in [4.78, 5) is 42.6. The van der Waals surface area contributed by atoms with E-state index in [1.165, 1.54) is 0 Å². The van der Waals surface area contributed by atoms with Crippen molar-refractivity contribution in [2.24, 2.45) is 5.92 Å². The summed E-state index contributed by atoms with van der Waals surface area (Å²) in [6.45, 7) is 14.3. The lowest BCUT2D eigenvalue weighted by Crippen LogP contribution is -2.53. The van der Waals surface area contributed by atoms with Crippen molar-refractivity contribution in [1.82, 2.24) is 15.5 Å². The molecule has 2 unspecified atom stereocenters. The zero-order valence-corrected chi connectivity index (χ0v) is 25.5. The zero-order chi connectivity index (χ0) is 29.7. The molecule has 0 bridgehead atoms. The van der Waals surface area contributed by atoms with Gasteiger partial charge in [-0.1, -0.05) is 95.1 Å². The third kappa shape index (κ3) is 11.0. The van der Waals surface area contributed by atoms with Gasteiger partial charge in [-0.2, -0.15) is 0 Å². The molecule has 40 heavy (non-hydrogen) atoms. The second kappa shape index (κ2) is 16.0. The topological polar surface area (TPSA) is 87.7 Å². The first-order valence-corrected chi connectivity index (χ1v) is 14.7. The van der Waals surface area contributed by atoms with Gasteiger partial charge in [0.25, 0.3) is 0 Å². The molecule has 0 heterocycles. The van der Waals surface area contributed by atoms with Crippen LogP contribution in [0.5, 0.6) is 0 Å². The van der Waals surface area contributed by atoms with Gasteiger partial charge in [0.2, 0.25) is 11.8 Å². The molecule has 2 atom stereocenters. The number of benzene rings is 2. The maximum atomic E-state index is 14.3. The van der Waals surface area contributed by atoms with E-state index in [4.69, 9.17) is 4.74 Å². The molecule has 7 heteroatoms. The standard InChI is InChI=1S/C33H49N3O4/c1-8-10-14-21-36(31(38)28(22-24(3)4)35-32(39)40-33(5,6)7)29(27-19-17-25(9-2)18-20-27)30(37)34-23-26-15-12-11-13-16-26/h11-13,15-20,24,28-29H,8-10,14,21-23H2,1-7H3,(H,34,37)(H,35,39). The zero-order valence-electron chi connectivity index (χ0n) is 25.5. The van der Waals surface area contributed by atoms with Crippen LogP contribution in [0, 0.1) is 5.92 Å². The Balaban J connectivity index is 2.48. The predicted octanol–water partition coefficient (Wildman–Crippen LogP) is 6.56. The fourth-order valence-corrected chi connectivity index (χ4v) is 4.53. The van der Waals surface area contributed by atoms with Gasteiger partial charge in [0, 0.05) is 13.1 Å². The van der Waals surface area contributed by atoms with E-state index < -0.39 is 23.8 Å². The normalized spacial score (nSPS) is 12.9. The van der Waals surface area contributed by atoms with Crippen LogP contribution in [0.4, 0.5) is 4.79 Å². The predicted molar refractivity (Wildman–Crippen MR) is 161 cm³/mol. The molecule has 2 aromatic rings. The van der Waals surface area contributed by atoms with Crippen LogP contribution in [0.2, 0.25) is 0 Å². The summed E-state index contributed by atoms with van der Waals surface area (Å²) in [5.74, 6) is -0.399. The van der Waals surface area contributed by atoms with Gasteiger partial charge in [0.1, 0.15) is 17.7 Å². The Morgan fingerprint density at radius 3 is 2.10 bits per heavy atom. The molecule has 0 aliphatic heterocycles. The van der Waals surface area contributed by atoms with Gasteiger partial charge in [0.15, 0.2) is 0 Å². The first kappa shape index (κ1) is 32.9. The number of carbonyl (C=O) groups is 3. The number of rotatable bonds is 14. The van der Waals surface area contributed by atoms with Gasteiger partial charge in [-0.3, -0.25) is 9.59 Å². The summed E-state index contributed by atoms with van der Waals surface area (Å²) in [5, 5.41) is 5.87. The Bertz CT molecular complexity index is 1060. The van der Waals surface area contributed by atoms with E-state index in [0.29, 0.717) is 19.5 Å². The number of nitrogens with zero attached hydrogens (tertiary/aromatic N) is 1. The van der Waals surface area contributed by atoms with E-state index in [2.05, 4.69) is 24.5 Å². The first-order chi connectivity index (χ1) is 18.9. The van der Waals surface area contributed by atoms with Crippen molar-refractivity contribution >= 4 is 17.9 Å². The van der Waals surface area contributed by atoms with E-state index in [9.17, 15) is 14.4 Å². The molecular weight excluding hydrogens is 502 g/mol. The average Bonchev–Trinajstić information content (AvgIpc) is 2.90. The number of amides is 3. The smallest absolute Gasteiger partial charge is 0.408 e. The van der Waals surface area contributed by atoms with Crippen LogP contribution in [0.15, 0.2) is 54.6 Å². The molecule has 0 saturated carbocycles. The number of hydrogen-bond acceptors (Lipinski definition) is 4. The molecule has 0 fully saturated rings. The van der Waals surface area contributed by atoms with E-state index in [1.807, 2.05) is 68.4 Å². The van der Waals surface area contributed by atoms with E-state index in [1.54, 1.807) is 25.7 Å². The average molecular weight is 552 g/mol. The van der Waals surface area contributed by atoms with Crippen LogP contribution in [-0.4, -0.2) is 41.0 Å². The molecular formula is C33H49N3O4. The van der Waals surface area contributed by atoms with E-state index in [-0.39, 0.29) is 17.7 Å². The number of hydrogen-bond donors (Lipinski definition) is 2. The lowest BCUT2D eigenvalue weighted by molar-refractivity contribution is -0.143. The molecule has 220 valence electrons. The third-order valence-electron chi connectivity index (χ3n) is 6.56. The highest BCUT2D eigenvalue weighted by molar-refractivity contribution is 5.92. The van der Waals surface area contributed by atoms with Crippen molar-refractivity contribution < 1.29 is 19.1 Å². The highest BCUT2D eigenvalue weighted by atomic mass is 16.6. The number of nitrogens with one attached hydrogen (secondary N) is 2. The lowest BCUT2D eigenvalue weighted by Gasteiger charge is -2.35. The summed E-state index contributed by atoms with van der Waals surface area (Å²) >= 11 is 0. The number of ether oxygens (including phenoxy) is 1. The van der Waals surface area contributed by atoms with E-state index in [0.717, 1.165) is 42.4 Å². The fourth-order valence-electron chi connectivity index (χ4n) is 4.53. The van der Waals surface area contributed by atoms with Gasteiger partial charge >= 0.3 is 6.09 Å². The van der Waals surface area contributed by atoms with Gasteiger partial charge in [-0.15, -0.1) is 0 Å². The quantitative estimate of drug-likeness (QED) is 0.260. The number of aryl methyl sites for hydroxylation is 1. The third-order valence-corrected chi connectivity index (χ3v) is 6.56. The lowest BCUT2D eigenvalue weighted by atomic mass is 9.97. The molecule has 7 nitrogen and oxygen atoms in total. The monoisotopic (exact) mass is 551 g/mol. The Labute approximate surface area is 241 Å². The largest absolute Gasteiger partial charge is 0.444 e. The van der Waals surface area contributed by atoms with Crippen LogP contribution in [0.1, 0.15) is 96.9 Å². The highest BCUT2D eigenvalue weighted by Crippen LogP contribution is 2.25. The second-order valence-electron chi connectivity index (χ2n) is 11.8. The summed E-state index contributed by atoms with van der Waals surface area (Å²) in [6.07, 6.45) is 3.31. The van der Waals surface area contributed by atoms with Gasteiger partial charge in [-0.05, 0) is 62.6 Å². The first-order valence-electron chi connectivity index (χ1n) is 14.7. The molecule has 2 aromatic carbocycles. The maximum Gasteiger partial charge on any atom is 0.408 e. The van der Waals surface area contributed by atoms with E-state index >= 15 is 0 Å². The summed E-state index contributed by atoms with van der Waals surface area (Å²) in [5.41, 5.74) is 2.18. The SMILES string of the molecule is CCCCCN(C(=O)C(CC(C)C)NC(=O)OC(C)(C)C)C(C(=O)NCc1ccccc1)c1ccc(CC)cc1. The van der Waals surface area contributed by atoms with Crippen LogP contribution >= 0.6 is 0 Å². The van der Waals surface area contributed by atoms with Crippen LogP contribution < -0.4 is 10.6 Å². The second-order valence-corrected chi connectivity index (χ2v) is 11.8. The molecule has 0 saturated heterocycles. The molecule has 3 amide bonds. The summed E-state index contributed by atoms with van der Waals surface area (Å²) in [7, 11) is 0. The Morgan fingerprint density at radius 1 is 0.900 bits per heavy atom. The fraction of sp³-hybridized carbons (Fsp3) is 0.545. The number of carbonyl (C=O) groups excluding carboxylic acids is 3. The molecule has 0 aromatic heterocycles. The summed E-state index contributed by atoms with van der Waals surface area (Å²) < 4.78 is 5.48. The van der Waals surface area contributed by atoms with Crippen LogP contribution in [0.25, 0.3) is 0 Å². The minimum atomic E-state index is -0.839. The maximum absolute atomic E-state index is 14.3. The molecule has 0 aliphatic rings. The Morgan fingerprint density at radius 2 is 1.55 bits per heavy atom. The number of alkyl carbamates (subject to hydrolysis) is 1. The molecule has 0 radical (unpaired) electrons. The molecule has 0 aliphatic carbocycles. The van der Waals surface area contributed by atoms with Gasteiger partial charge in [-0.25, -0.2) is 4.79 Å². The molecule has 2 rings (SSSR count).